The number of aromatic nitrogens is 2. The first-order chi connectivity index (χ1) is 9.12. The molecule has 1 aromatic carbocycles. The Morgan fingerprint density at radius 3 is 2.68 bits per heavy atom. The molecule has 0 saturated heterocycles. The molecule has 19 heavy (non-hydrogen) atoms. The lowest BCUT2D eigenvalue weighted by molar-refractivity contribution is -0.118. The number of carbonyl (C=O) groups is 1. The molecule has 0 aliphatic heterocycles. The standard InChI is InChI=1S/C13H12ClN3OS/c1-8-16-17-12(19-8)15-11(18)13(6-7-13)9-4-2-3-5-10(9)14/h2-5H,6-7H2,1H3,(H,15,17,18). The molecule has 1 aliphatic rings. The van der Waals surface area contributed by atoms with Gasteiger partial charge in [-0.25, -0.2) is 0 Å². The Balaban J connectivity index is 1.85. The molecule has 1 amide bonds. The molecule has 0 bridgehead atoms. The summed E-state index contributed by atoms with van der Waals surface area (Å²) in [6.45, 7) is 1.86. The second-order valence-corrected chi connectivity index (χ2v) is 6.23. The summed E-state index contributed by atoms with van der Waals surface area (Å²) in [7, 11) is 0. The normalized spacial score (nSPS) is 16.1. The van der Waals surface area contributed by atoms with E-state index >= 15 is 0 Å². The fourth-order valence-electron chi connectivity index (χ4n) is 2.16. The first-order valence-corrected chi connectivity index (χ1v) is 7.18. The average Bonchev–Trinajstić information content (AvgIpc) is 3.09. The highest BCUT2D eigenvalue weighted by Crippen LogP contribution is 2.51. The molecule has 3 rings (SSSR count). The molecule has 0 spiro atoms. The lowest BCUT2D eigenvalue weighted by Crippen LogP contribution is -2.28. The van der Waals surface area contributed by atoms with Crippen LogP contribution in [0.2, 0.25) is 5.02 Å². The van der Waals surface area contributed by atoms with Gasteiger partial charge < -0.3 is 0 Å². The van der Waals surface area contributed by atoms with Crippen LogP contribution in [0.1, 0.15) is 23.4 Å². The SMILES string of the molecule is Cc1nnc(NC(=O)C2(c3ccccc3Cl)CC2)s1. The number of nitrogens with zero attached hydrogens (tertiary/aromatic N) is 2. The molecular formula is C13H12ClN3OS. The topological polar surface area (TPSA) is 54.9 Å². The summed E-state index contributed by atoms with van der Waals surface area (Å²) in [5.74, 6) is -0.0447. The van der Waals surface area contributed by atoms with E-state index < -0.39 is 5.41 Å². The van der Waals surface area contributed by atoms with Crippen LogP contribution in [0.5, 0.6) is 0 Å². The fourth-order valence-corrected chi connectivity index (χ4v) is 3.06. The molecule has 1 aromatic heterocycles. The van der Waals surface area contributed by atoms with Gasteiger partial charge in [-0.1, -0.05) is 41.1 Å². The largest absolute Gasteiger partial charge is 0.300 e. The summed E-state index contributed by atoms with van der Waals surface area (Å²) >= 11 is 7.57. The molecule has 1 saturated carbocycles. The monoisotopic (exact) mass is 293 g/mol. The molecule has 1 heterocycles. The first kappa shape index (κ1) is 12.6. The van der Waals surface area contributed by atoms with Crippen LogP contribution in [0, 0.1) is 6.92 Å². The van der Waals surface area contributed by atoms with Gasteiger partial charge in [-0.05, 0) is 31.4 Å². The van der Waals surface area contributed by atoms with Gasteiger partial charge in [0.25, 0.3) is 0 Å². The third-order valence-corrected chi connectivity index (χ3v) is 4.40. The van der Waals surface area contributed by atoms with Crippen LogP contribution in [0.15, 0.2) is 24.3 Å². The maximum Gasteiger partial charge on any atom is 0.236 e. The van der Waals surface area contributed by atoms with Crippen LogP contribution in [-0.2, 0) is 10.2 Å². The Morgan fingerprint density at radius 2 is 2.11 bits per heavy atom. The highest BCUT2D eigenvalue weighted by molar-refractivity contribution is 7.15. The fraction of sp³-hybridized carbons (Fsp3) is 0.308. The van der Waals surface area contributed by atoms with Gasteiger partial charge in [0.1, 0.15) is 5.01 Å². The van der Waals surface area contributed by atoms with E-state index in [9.17, 15) is 4.79 Å². The molecule has 0 atom stereocenters. The molecule has 0 unspecified atom stereocenters. The molecule has 1 aliphatic carbocycles. The Bertz CT molecular complexity index is 636. The van der Waals surface area contributed by atoms with Gasteiger partial charge in [-0.15, -0.1) is 10.2 Å². The van der Waals surface area contributed by atoms with Crippen molar-refractivity contribution in [2.75, 3.05) is 5.32 Å². The number of carbonyl (C=O) groups excluding carboxylic acids is 1. The van der Waals surface area contributed by atoms with Crippen molar-refractivity contribution in [1.82, 2.24) is 10.2 Å². The van der Waals surface area contributed by atoms with Gasteiger partial charge in [-0.2, -0.15) is 0 Å². The highest BCUT2D eigenvalue weighted by atomic mass is 35.5. The third kappa shape index (κ3) is 2.24. The lowest BCUT2D eigenvalue weighted by Gasteiger charge is -2.15. The van der Waals surface area contributed by atoms with Crippen molar-refractivity contribution >= 4 is 34.0 Å². The summed E-state index contributed by atoms with van der Waals surface area (Å²) in [6, 6.07) is 7.51. The van der Waals surface area contributed by atoms with Crippen molar-refractivity contribution in [2.45, 2.75) is 25.2 Å². The predicted molar refractivity (Wildman–Crippen MR) is 75.6 cm³/mol. The summed E-state index contributed by atoms with van der Waals surface area (Å²) < 4.78 is 0. The van der Waals surface area contributed by atoms with E-state index in [1.807, 2.05) is 31.2 Å². The zero-order valence-corrected chi connectivity index (χ0v) is 11.9. The van der Waals surface area contributed by atoms with E-state index in [1.54, 1.807) is 0 Å². The molecule has 1 fully saturated rings. The Morgan fingerprint density at radius 1 is 1.37 bits per heavy atom. The van der Waals surface area contributed by atoms with E-state index in [2.05, 4.69) is 15.5 Å². The van der Waals surface area contributed by atoms with E-state index in [1.165, 1.54) is 11.3 Å². The van der Waals surface area contributed by atoms with E-state index in [-0.39, 0.29) is 5.91 Å². The second kappa shape index (κ2) is 4.58. The van der Waals surface area contributed by atoms with Crippen LogP contribution < -0.4 is 5.32 Å². The molecule has 0 radical (unpaired) electrons. The number of anilines is 1. The molecule has 2 aromatic rings. The van der Waals surface area contributed by atoms with Gasteiger partial charge in [0, 0.05) is 5.02 Å². The number of benzene rings is 1. The zero-order valence-electron chi connectivity index (χ0n) is 10.3. The average molecular weight is 294 g/mol. The van der Waals surface area contributed by atoms with Gasteiger partial charge in [0.05, 0.1) is 5.41 Å². The number of hydrogen-bond donors (Lipinski definition) is 1. The number of amides is 1. The van der Waals surface area contributed by atoms with Gasteiger partial charge in [0.15, 0.2) is 0 Å². The van der Waals surface area contributed by atoms with Crippen molar-refractivity contribution in [3.63, 3.8) is 0 Å². The Kier molecular flexibility index (Phi) is 3.03. The van der Waals surface area contributed by atoms with Crippen molar-refractivity contribution in [1.29, 1.82) is 0 Å². The van der Waals surface area contributed by atoms with Gasteiger partial charge >= 0.3 is 0 Å². The van der Waals surface area contributed by atoms with Crippen LogP contribution in [0.4, 0.5) is 5.13 Å². The minimum absolute atomic E-state index is 0.0447. The maximum absolute atomic E-state index is 12.4. The first-order valence-electron chi connectivity index (χ1n) is 5.98. The number of halogens is 1. The quantitative estimate of drug-likeness (QED) is 0.945. The molecule has 4 nitrogen and oxygen atoms in total. The number of aryl methyl sites for hydroxylation is 1. The van der Waals surface area contributed by atoms with Crippen molar-refractivity contribution in [3.8, 4) is 0 Å². The molecular weight excluding hydrogens is 282 g/mol. The van der Waals surface area contributed by atoms with E-state index in [0.717, 1.165) is 23.4 Å². The zero-order chi connectivity index (χ0) is 13.5. The molecule has 1 N–H and O–H groups in total. The number of nitrogens with one attached hydrogen (secondary N) is 1. The Hall–Kier alpha value is -1.46. The van der Waals surface area contributed by atoms with Crippen molar-refractivity contribution in [3.05, 3.63) is 39.9 Å². The van der Waals surface area contributed by atoms with Gasteiger partial charge in [0.2, 0.25) is 11.0 Å². The maximum atomic E-state index is 12.4. The van der Waals surface area contributed by atoms with E-state index in [0.29, 0.717) is 10.2 Å². The molecule has 98 valence electrons. The molecule has 6 heteroatoms. The number of rotatable bonds is 3. The minimum Gasteiger partial charge on any atom is -0.300 e. The van der Waals surface area contributed by atoms with Crippen LogP contribution in [0.25, 0.3) is 0 Å². The summed E-state index contributed by atoms with van der Waals surface area (Å²) in [6.07, 6.45) is 1.64. The van der Waals surface area contributed by atoms with Gasteiger partial charge in [-0.3, -0.25) is 10.1 Å². The smallest absolute Gasteiger partial charge is 0.236 e. The summed E-state index contributed by atoms with van der Waals surface area (Å²) in [5.41, 5.74) is 0.410. The summed E-state index contributed by atoms with van der Waals surface area (Å²) in [4.78, 5) is 12.4. The Labute approximate surface area is 119 Å². The summed E-state index contributed by atoms with van der Waals surface area (Å²) in [5, 5.41) is 12.7. The van der Waals surface area contributed by atoms with Crippen LogP contribution >= 0.6 is 22.9 Å². The lowest BCUT2D eigenvalue weighted by atomic mass is 9.95. The second-order valence-electron chi connectivity index (χ2n) is 4.64. The van der Waals surface area contributed by atoms with Crippen LogP contribution in [0.3, 0.4) is 0 Å². The van der Waals surface area contributed by atoms with E-state index in [4.69, 9.17) is 11.6 Å². The minimum atomic E-state index is -0.488. The van der Waals surface area contributed by atoms with Crippen molar-refractivity contribution < 1.29 is 4.79 Å². The van der Waals surface area contributed by atoms with Crippen LogP contribution in [-0.4, -0.2) is 16.1 Å². The third-order valence-electron chi connectivity index (χ3n) is 3.32. The number of hydrogen-bond acceptors (Lipinski definition) is 4. The highest BCUT2D eigenvalue weighted by Gasteiger charge is 2.52. The predicted octanol–water partition coefficient (Wildman–Crippen LogP) is 3.17. The van der Waals surface area contributed by atoms with Crippen molar-refractivity contribution in [2.24, 2.45) is 0 Å².